The fourth-order valence-corrected chi connectivity index (χ4v) is 5.19. The molecule has 4 aromatic rings. The van der Waals surface area contributed by atoms with E-state index in [2.05, 4.69) is 23.7 Å². The van der Waals surface area contributed by atoms with Crippen LogP contribution in [0, 0.1) is 12.8 Å². The third-order valence-corrected chi connectivity index (χ3v) is 6.76. The number of para-hydroxylation sites is 1. The minimum Gasteiger partial charge on any atom is -0.491 e. The number of rotatable bonds is 10. The van der Waals surface area contributed by atoms with Gasteiger partial charge in [-0.15, -0.1) is 11.3 Å². The van der Waals surface area contributed by atoms with Crippen molar-refractivity contribution in [2.24, 2.45) is 5.92 Å². The summed E-state index contributed by atoms with van der Waals surface area (Å²) in [5.41, 5.74) is 2.65. The minimum atomic E-state index is -0.679. The molecule has 0 saturated carbocycles. The summed E-state index contributed by atoms with van der Waals surface area (Å²) in [4.78, 5) is 23.5. The van der Waals surface area contributed by atoms with Crippen LogP contribution in [-0.4, -0.2) is 45.8 Å². The number of aromatic nitrogens is 2. The Balaban J connectivity index is 1.49. The first kappa shape index (κ1) is 25.4. The van der Waals surface area contributed by atoms with Gasteiger partial charge in [0, 0.05) is 29.1 Å². The SMILES string of the molecule is Cc1ccccc1OCC(O)CN(Cc1nc2scc(-c3ccc(Cl)cc3)c2c(=O)[nH]1)CC(C)C. The zero-order valence-electron chi connectivity index (χ0n) is 20.1. The van der Waals surface area contributed by atoms with Crippen molar-refractivity contribution in [2.75, 3.05) is 19.7 Å². The van der Waals surface area contributed by atoms with Crippen molar-refractivity contribution in [3.8, 4) is 16.9 Å². The monoisotopic (exact) mass is 511 g/mol. The number of aryl methyl sites for hydroxylation is 1. The number of nitrogens with zero attached hydrogens (tertiary/aromatic N) is 2. The van der Waals surface area contributed by atoms with Gasteiger partial charge in [-0.3, -0.25) is 9.69 Å². The summed E-state index contributed by atoms with van der Waals surface area (Å²) in [7, 11) is 0. The lowest BCUT2D eigenvalue weighted by atomic mass is 10.1. The molecular weight excluding hydrogens is 482 g/mol. The van der Waals surface area contributed by atoms with Crippen LogP contribution in [0.3, 0.4) is 0 Å². The first-order valence-corrected chi connectivity index (χ1v) is 12.9. The van der Waals surface area contributed by atoms with E-state index in [0.29, 0.717) is 40.1 Å². The van der Waals surface area contributed by atoms with E-state index < -0.39 is 6.10 Å². The molecule has 4 rings (SSSR count). The van der Waals surface area contributed by atoms with Crippen molar-refractivity contribution in [1.82, 2.24) is 14.9 Å². The average molecular weight is 512 g/mol. The fourth-order valence-electron chi connectivity index (χ4n) is 4.10. The summed E-state index contributed by atoms with van der Waals surface area (Å²) in [6, 6.07) is 15.2. The predicted octanol–water partition coefficient (Wildman–Crippen LogP) is 5.51. The number of halogens is 1. The molecule has 0 amide bonds. The van der Waals surface area contributed by atoms with E-state index in [1.54, 1.807) is 0 Å². The quantitative estimate of drug-likeness (QED) is 0.293. The first-order valence-electron chi connectivity index (χ1n) is 11.7. The number of ether oxygens (including phenoxy) is 1. The molecule has 184 valence electrons. The number of aliphatic hydroxyl groups is 1. The Hall–Kier alpha value is -2.71. The lowest BCUT2D eigenvalue weighted by Crippen LogP contribution is -2.38. The number of nitrogens with one attached hydrogen (secondary N) is 1. The second-order valence-corrected chi connectivity index (χ2v) is 10.5. The van der Waals surface area contributed by atoms with E-state index in [4.69, 9.17) is 21.3 Å². The summed E-state index contributed by atoms with van der Waals surface area (Å²) in [6.07, 6.45) is -0.679. The molecule has 8 heteroatoms. The highest BCUT2D eigenvalue weighted by molar-refractivity contribution is 7.17. The lowest BCUT2D eigenvalue weighted by Gasteiger charge is -2.26. The maximum atomic E-state index is 13.0. The lowest BCUT2D eigenvalue weighted by molar-refractivity contribution is 0.0604. The summed E-state index contributed by atoms with van der Waals surface area (Å²) < 4.78 is 5.83. The van der Waals surface area contributed by atoms with Crippen molar-refractivity contribution >= 4 is 33.2 Å². The summed E-state index contributed by atoms with van der Waals surface area (Å²) in [6.45, 7) is 8.01. The normalized spacial score (nSPS) is 12.5. The maximum Gasteiger partial charge on any atom is 0.260 e. The number of hydrogen-bond acceptors (Lipinski definition) is 6. The van der Waals surface area contributed by atoms with Crippen LogP contribution >= 0.6 is 22.9 Å². The molecule has 0 fully saturated rings. The molecule has 2 aromatic carbocycles. The van der Waals surface area contributed by atoms with Crippen LogP contribution in [0.2, 0.25) is 5.02 Å². The van der Waals surface area contributed by atoms with Crippen LogP contribution in [0.15, 0.2) is 58.7 Å². The van der Waals surface area contributed by atoms with Gasteiger partial charge in [-0.2, -0.15) is 0 Å². The zero-order chi connectivity index (χ0) is 24.9. The second kappa shape index (κ2) is 11.4. The number of fused-ring (bicyclic) bond motifs is 1. The van der Waals surface area contributed by atoms with Crippen LogP contribution in [0.25, 0.3) is 21.3 Å². The zero-order valence-corrected chi connectivity index (χ0v) is 21.7. The maximum absolute atomic E-state index is 13.0. The number of hydrogen-bond donors (Lipinski definition) is 2. The molecule has 0 spiro atoms. The van der Waals surface area contributed by atoms with Gasteiger partial charge in [0.05, 0.1) is 11.9 Å². The topological polar surface area (TPSA) is 78.5 Å². The summed E-state index contributed by atoms with van der Waals surface area (Å²) in [5, 5.41) is 13.9. The third kappa shape index (κ3) is 6.49. The molecule has 0 aliphatic heterocycles. The number of thiophene rings is 1. The van der Waals surface area contributed by atoms with Gasteiger partial charge in [0.25, 0.3) is 5.56 Å². The Kier molecular flexibility index (Phi) is 8.23. The molecule has 6 nitrogen and oxygen atoms in total. The van der Waals surface area contributed by atoms with E-state index in [0.717, 1.165) is 29.0 Å². The molecule has 0 bridgehead atoms. The van der Waals surface area contributed by atoms with Gasteiger partial charge in [0.1, 0.15) is 29.1 Å². The van der Waals surface area contributed by atoms with Crippen molar-refractivity contribution in [3.05, 3.63) is 80.7 Å². The molecule has 35 heavy (non-hydrogen) atoms. The largest absolute Gasteiger partial charge is 0.491 e. The minimum absolute atomic E-state index is 0.163. The highest BCUT2D eigenvalue weighted by Gasteiger charge is 2.18. The molecular formula is C27H30ClN3O3S. The van der Waals surface area contributed by atoms with Crippen molar-refractivity contribution in [2.45, 2.75) is 33.4 Å². The summed E-state index contributed by atoms with van der Waals surface area (Å²) >= 11 is 7.46. The van der Waals surface area contributed by atoms with E-state index in [9.17, 15) is 9.90 Å². The molecule has 2 heterocycles. The molecule has 0 saturated heterocycles. The highest BCUT2D eigenvalue weighted by Crippen LogP contribution is 2.31. The molecule has 0 aliphatic rings. The van der Waals surface area contributed by atoms with E-state index in [-0.39, 0.29) is 12.2 Å². The summed E-state index contributed by atoms with van der Waals surface area (Å²) in [5.74, 6) is 1.74. The van der Waals surface area contributed by atoms with Gasteiger partial charge >= 0.3 is 0 Å². The molecule has 1 atom stereocenters. The van der Waals surface area contributed by atoms with E-state index in [1.165, 1.54) is 11.3 Å². The standard InChI is InChI=1S/C27H30ClN3O3S/c1-17(2)12-31(13-21(32)15-34-23-7-5-4-6-18(23)3)14-24-29-26(33)25-22(16-35-27(25)30-24)19-8-10-20(28)11-9-19/h4-11,16-17,21,32H,12-15H2,1-3H3,(H,29,30,33). The van der Waals surface area contributed by atoms with Crippen molar-refractivity contribution in [3.63, 3.8) is 0 Å². The van der Waals surface area contributed by atoms with Crippen LogP contribution in [0.1, 0.15) is 25.2 Å². The fraction of sp³-hybridized carbons (Fsp3) is 0.333. The molecule has 2 N–H and O–H groups in total. The average Bonchev–Trinajstić information content (AvgIpc) is 3.23. The number of benzene rings is 2. The Morgan fingerprint density at radius 3 is 2.60 bits per heavy atom. The Labute approximate surface area is 214 Å². The van der Waals surface area contributed by atoms with E-state index in [1.807, 2.05) is 60.8 Å². The second-order valence-electron chi connectivity index (χ2n) is 9.17. The van der Waals surface area contributed by atoms with Gasteiger partial charge in [0.2, 0.25) is 0 Å². The van der Waals surface area contributed by atoms with Crippen LogP contribution in [0.5, 0.6) is 5.75 Å². The van der Waals surface area contributed by atoms with Crippen molar-refractivity contribution in [1.29, 1.82) is 0 Å². The predicted molar refractivity (Wildman–Crippen MR) is 143 cm³/mol. The van der Waals surface area contributed by atoms with Gasteiger partial charge in [0.15, 0.2) is 0 Å². The van der Waals surface area contributed by atoms with Crippen LogP contribution < -0.4 is 10.3 Å². The van der Waals surface area contributed by atoms with Crippen LogP contribution in [-0.2, 0) is 6.54 Å². The number of aliphatic hydroxyl groups excluding tert-OH is 1. The smallest absolute Gasteiger partial charge is 0.260 e. The highest BCUT2D eigenvalue weighted by atomic mass is 35.5. The molecule has 0 radical (unpaired) electrons. The Bertz CT molecular complexity index is 1330. The third-order valence-electron chi connectivity index (χ3n) is 5.64. The first-order chi connectivity index (χ1) is 16.8. The molecule has 1 unspecified atom stereocenters. The van der Waals surface area contributed by atoms with Gasteiger partial charge in [-0.1, -0.05) is 55.8 Å². The number of H-pyrrole nitrogens is 1. The van der Waals surface area contributed by atoms with Crippen LogP contribution in [0.4, 0.5) is 0 Å². The van der Waals surface area contributed by atoms with Gasteiger partial charge in [-0.05, 0) is 42.2 Å². The van der Waals surface area contributed by atoms with Gasteiger partial charge < -0.3 is 14.8 Å². The Morgan fingerprint density at radius 1 is 1.14 bits per heavy atom. The molecule has 0 aliphatic carbocycles. The number of aromatic amines is 1. The van der Waals surface area contributed by atoms with E-state index >= 15 is 0 Å². The van der Waals surface area contributed by atoms with Crippen molar-refractivity contribution < 1.29 is 9.84 Å². The Morgan fingerprint density at radius 2 is 1.89 bits per heavy atom. The molecule has 2 aromatic heterocycles. The van der Waals surface area contributed by atoms with Gasteiger partial charge in [-0.25, -0.2) is 4.98 Å².